The largest absolute Gasteiger partial charge is 0.313 e. The van der Waals surface area contributed by atoms with E-state index < -0.39 is 0 Å². The van der Waals surface area contributed by atoms with Gasteiger partial charge >= 0.3 is 0 Å². The van der Waals surface area contributed by atoms with E-state index in [1.165, 1.54) is 6.07 Å². The van der Waals surface area contributed by atoms with Crippen molar-refractivity contribution in [2.45, 2.75) is 19.4 Å². The van der Waals surface area contributed by atoms with E-state index in [2.05, 4.69) is 17.2 Å². The number of halogens is 1. The van der Waals surface area contributed by atoms with Crippen LogP contribution in [0, 0.1) is 5.82 Å². The van der Waals surface area contributed by atoms with Gasteiger partial charge in [-0.2, -0.15) is 0 Å². The molecule has 0 radical (unpaired) electrons. The minimum atomic E-state index is -0.160. The summed E-state index contributed by atoms with van der Waals surface area (Å²) in [5.74, 6) is -0.160. The lowest BCUT2D eigenvalue weighted by Gasteiger charge is -2.12. The maximum Gasteiger partial charge on any atom is 0.126 e. The molecule has 0 aliphatic rings. The Morgan fingerprint density at radius 1 is 1.47 bits per heavy atom. The fraction of sp³-hybridized carbons (Fsp3) is 0.308. The number of hydrogen-bond donors (Lipinski definition) is 1. The minimum absolute atomic E-state index is 0.160. The molecule has 1 unspecified atom stereocenters. The first kappa shape index (κ1) is 12.2. The van der Waals surface area contributed by atoms with Gasteiger partial charge in [-0.1, -0.05) is 12.1 Å². The minimum Gasteiger partial charge on any atom is -0.313 e. The highest BCUT2D eigenvalue weighted by Gasteiger charge is 2.09. The maximum atomic E-state index is 13.7. The third kappa shape index (κ3) is 2.90. The van der Waals surface area contributed by atoms with Crippen LogP contribution in [-0.2, 0) is 6.42 Å². The van der Waals surface area contributed by atoms with Crippen molar-refractivity contribution in [1.29, 1.82) is 0 Å². The Morgan fingerprint density at radius 3 is 2.94 bits per heavy atom. The molecular formula is C13H15FN2S. The third-order valence-electron chi connectivity index (χ3n) is 2.83. The van der Waals surface area contributed by atoms with Crippen molar-refractivity contribution < 1.29 is 4.39 Å². The van der Waals surface area contributed by atoms with Gasteiger partial charge in [0, 0.05) is 24.0 Å². The number of benzene rings is 1. The van der Waals surface area contributed by atoms with E-state index in [9.17, 15) is 4.39 Å². The molecule has 1 atom stereocenters. The van der Waals surface area contributed by atoms with E-state index in [-0.39, 0.29) is 11.9 Å². The van der Waals surface area contributed by atoms with Gasteiger partial charge in [-0.25, -0.2) is 9.37 Å². The number of hydrogen-bond acceptors (Lipinski definition) is 3. The van der Waals surface area contributed by atoms with Gasteiger partial charge in [0.2, 0.25) is 0 Å². The molecule has 0 amide bonds. The van der Waals surface area contributed by atoms with E-state index in [1.54, 1.807) is 17.5 Å². The number of nitrogens with one attached hydrogen (secondary N) is 1. The lowest BCUT2D eigenvalue weighted by atomic mass is 10.0. The Hall–Kier alpha value is -1.26. The zero-order valence-corrected chi connectivity index (χ0v) is 10.7. The molecule has 1 N–H and O–H groups in total. The van der Waals surface area contributed by atoms with Gasteiger partial charge in [0.05, 0.1) is 5.01 Å². The summed E-state index contributed by atoms with van der Waals surface area (Å²) in [6, 6.07) is 5.50. The highest BCUT2D eigenvalue weighted by Crippen LogP contribution is 2.20. The molecule has 90 valence electrons. The normalized spacial score (nSPS) is 12.6. The molecule has 1 heterocycles. The predicted octanol–water partition coefficient (Wildman–Crippen LogP) is 3.15. The Kier molecular flexibility index (Phi) is 3.86. The standard InChI is InChI=1S/C13H15FN2S/c1-9(15-2)10-3-4-12(14)11(7-10)8-13-16-5-6-17-13/h3-7,9,15H,8H2,1-2H3. The third-order valence-corrected chi connectivity index (χ3v) is 3.61. The van der Waals surface area contributed by atoms with Crippen LogP contribution in [0.3, 0.4) is 0 Å². The van der Waals surface area contributed by atoms with E-state index in [0.29, 0.717) is 12.0 Å². The molecule has 0 aliphatic heterocycles. The van der Waals surface area contributed by atoms with Gasteiger partial charge < -0.3 is 5.32 Å². The van der Waals surface area contributed by atoms with Crippen LogP contribution in [0.4, 0.5) is 4.39 Å². The highest BCUT2D eigenvalue weighted by atomic mass is 32.1. The van der Waals surface area contributed by atoms with Gasteiger partial charge in [0.15, 0.2) is 0 Å². The van der Waals surface area contributed by atoms with Crippen LogP contribution in [0.5, 0.6) is 0 Å². The summed E-state index contributed by atoms with van der Waals surface area (Å²) in [6.45, 7) is 2.06. The summed E-state index contributed by atoms with van der Waals surface area (Å²) in [5, 5.41) is 6.00. The molecule has 0 saturated heterocycles. The second-order valence-electron chi connectivity index (χ2n) is 3.96. The van der Waals surface area contributed by atoms with Gasteiger partial charge in [-0.15, -0.1) is 11.3 Å². The van der Waals surface area contributed by atoms with Crippen LogP contribution in [0.2, 0.25) is 0 Å². The van der Waals surface area contributed by atoms with Crippen molar-refractivity contribution in [3.63, 3.8) is 0 Å². The van der Waals surface area contributed by atoms with Crippen LogP contribution in [0.15, 0.2) is 29.8 Å². The fourth-order valence-electron chi connectivity index (χ4n) is 1.67. The summed E-state index contributed by atoms with van der Waals surface area (Å²) in [5.41, 5.74) is 1.81. The van der Waals surface area contributed by atoms with Crippen molar-refractivity contribution in [3.8, 4) is 0 Å². The highest BCUT2D eigenvalue weighted by molar-refractivity contribution is 7.09. The molecule has 0 spiro atoms. The summed E-state index contributed by atoms with van der Waals surface area (Å²) >= 11 is 1.55. The van der Waals surface area contributed by atoms with Crippen molar-refractivity contribution in [3.05, 3.63) is 51.7 Å². The molecule has 17 heavy (non-hydrogen) atoms. The van der Waals surface area contributed by atoms with Gasteiger partial charge in [0.25, 0.3) is 0 Å². The Bertz CT molecular complexity index is 482. The monoisotopic (exact) mass is 250 g/mol. The molecule has 2 aromatic rings. The van der Waals surface area contributed by atoms with Crippen LogP contribution in [-0.4, -0.2) is 12.0 Å². The zero-order chi connectivity index (χ0) is 12.3. The molecule has 0 fully saturated rings. The van der Waals surface area contributed by atoms with Crippen molar-refractivity contribution in [2.24, 2.45) is 0 Å². The Labute approximate surface area is 105 Å². The number of thiazole rings is 1. The molecule has 4 heteroatoms. The fourth-order valence-corrected chi connectivity index (χ4v) is 2.31. The molecule has 0 aliphatic carbocycles. The first-order valence-electron chi connectivity index (χ1n) is 5.54. The summed E-state index contributed by atoms with van der Waals surface area (Å²) in [6.07, 6.45) is 2.31. The molecule has 1 aromatic heterocycles. The van der Waals surface area contributed by atoms with E-state index in [1.807, 2.05) is 24.6 Å². The van der Waals surface area contributed by atoms with Crippen molar-refractivity contribution >= 4 is 11.3 Å². The smallest absolute Gasteiger partial charge is 0.126 e. The molecular weight excluding hydrogens is 235 g/mol. The van der Waals surface area contributed by atoms with E-state index in [4.69, 9.17) is 0 Å². The van der Waals surface area contributed by atoms with Crippen LogP contribution < -0.4 is 5.32 Å². The second kappa shape index (κ2) is 5.38. The molecule has 0 bridgehead atoms. The number of aromatic nitrogens is 1. The van der Waals surface area contributed by atoms with E-state index >= 15 is 0 Å². The zero-order valence-electron chi connectivity index (χ0n) is 9.90. The lowest BCUT2D eigenvalue weighted by Crippen LogP contribution is -2.12. The topological polar surface area (TPSA) is 24.9 Å². The van der Waals surface area contributed by atoms with E-state index in [0.717, 1.165) is 10.6 Å². The summed E-state index contributed by atoms with van der Waals surface area (Å²) in [7, 11) is 1.90. The maximum absolute atomic E-state index is 13.7. The quantitative estimate of drug-likeness (QED) is 0.901. The Morgan fingerprint density at radius 2 is 2.29 bits per heavy atom. The Balaban J connectivity index is 2.26. The van der Waals surface area contributed by atoms with Crippen LogP contribution in [0.25, 0.3) is 0 Å². The number of nitrogens with zero attached hydrogens (tertiary/aromatic N) is 1. The number of rotatable bonds is 4. The molecule has 1 aromatic carbocycles. The first-order chi connectivity index (χ1) is 8.20. The average molecular weight is 250 g/mol. The van der Waals surface area contributed by atoms with Crippen molar-refractivity contribution in [2.75, 3.05) is 7.05 Å². The summed E-state index contributed by atoms with van der Waals surface area (Å²) in [4.78, 5) is 4.18. The van der Waals surface area contributed by atoms with Gasteiger partial charge in [0.1, 0.15) is 5.82 Å². The predicted molar refractivity (Wildman–Crippen MR) is 68.8 cm³/mol. The SMILES string of the molecule is CNC(C)c1ccc(F)c(Cc2nccs2)c1. The first-order valence-corrected chi connectivity index (χ1v) is 6.42. The van der Waals surface area contributed by atoms with Crippen LogP contribution in [0.1, 0.15) is 29.1 Å². The molecule has 2 nitrogen and oxygen atoms in total. The average Bonchev–Trinajstić information content (AvgIpc) is 2.84. The van der Waals surface area contributed by atoms with Crippen molar-refractivity contribution in [1.82, 2.24) is 10.3 Å². The summed E-state index contributed by atoms with van der Waals surface area (Å²) < 4.78 is 13.7. The van der Waals surface area contributed by atoms with Crippen LogP contribution >= 0.6 is 11.3 Å². The second-order valence-corrected chi connectivity index (χ2v) is 4.94. The molecule has 0 saturated carbocycles. The molecule has 2 rings (SSSR count). The van der Waals surface area contributed by atoms with Gasteiger partial charge in [-0.05, 0) is 31.2 Å². The lowest BCUT2D eigenvalue weighted by molar-refractivity contribution is 0.605. The van der Waals surface area contributed by atoms with Gasteiger partial charge in [-0.3, -0.25) is 0 Å².